The maximum Gasteiger partial charge on any atom is 0.472 e. The van der Waals surface area contributed by atoms with Crippen LogP contribution in [0.1, 0.15) is 232 Å². The fourth-order valence-electron chi connectivity index (χ4n) is 6.78. The van der Waals surface area contributed by atoms with Gasteiger partial charge in [0.25, 0.3) is 0 Å². The van der Waals surface area contributed by atoms with E-state index in [1.807, 2.05) is 0 Å². The van der Waals surface area contributed by atoms with E-state index < -0.39 is 45.1 Å². The van der Waals surface area contributed by atoms with Crippen LogP contribution in [-0.4, -0.2) is 60.5 Å². The van der Waals surface area contributed by atoms with E-state index in [9.17, 15) is 19.0 Å². The summed E-state index contributed by atoms with van der Waals surface area (Å²) in [5.74, 6) is -1.76. The summed E-state index contributed by atoms with van der Waals surface area (Å²) in [7, 11) is -4.61. The van der Waals surface area contributed by atoms with Crippen molar-refractivity contribution in [3.8, 4) is 0 Å². The second-order valence-electron chi connectivity index (χ2n) is 15.9. The minimum absolute atomic E-state index is 0.0260. The number of carboxylic acid groups (broad SMARTS) is 1. The third kappa shape index (κ3) is 40.9. The smallest absolute Gasteiger partial charge is 0.472 e. The zero-order chi connectivity index (χ0) is 40.5. The van der Waals surface area contributed by atoms with E-state index in [0.29, 0.717) is 6.61 Å². The molecule has 0 aromatic rings. The van der Waals surface area contributed by atoms with E-state index in [1.54, 1.807) is 0 Å². The van der Waals surface area contributed by atoms with Crippen LogP contribution in [0.15, 0.2) is 0 Å². The van der Waals surface area contributed by atoms with Crippen molar-refractivity contribution in [3.63, 3.8) is 0 Å². The molecule has 0 fully saturated rings. The van der Waals surface area contributed by atoms with E-state index in [1.165, 1.54) is 173 Å². The first-order chi connectivity index (χ1) is 26.7. The summed E-state index contributed by atoms with van der Waals surface area (Å²) in [6, 6.07) is -1.47. The van der Waals surface area contributed by atoms with E-state index in [4.69, 9.17) is 29.4 Å². The van der Waals surface area contributed by atoms with Crippen molar-refractivity contribution in [1.29, 1.82) is 0 Å². The molecule has 11 heteroatoms. The molecular weight excluding hydrogens is 717 g/mol. The lowest BCUT2D eigenvalue weighted by atomic mass is 10.0. The Balaban J connectivity index is 4.14. The second kappa shape index (κ2) is 41.1. The summed E-state index contributed by atoms with van der Waals surface area (Å²) in [6.45, 7) is 3.94. The molecule has 0 aromatic heterocycles. The molecule has 0 amide bonds. The molecule has 0 saturated heterocycles. The fraction of sp³-hybridized carbons (Fsp3) is 0.955. The highest BCUT2D eigenvalue weighted by Gasteiger charge is 2.27. The number of unbranched alkanes of at least 4 members (excludes halogenated alkanes) is 31. The summed E-state index contributed by atoms with van der Waals surface area (Å²) in [5.41, 5.74) is 5.36. The minimum Gasteiger partial charge on any atom is -0.480 e. The van der Waals surface area contributed by atoms with E-state index in [0.717, 1.165) is 38.5 Å². The maximum atomic E-state index is 12.6. The van der Waals surface area contributed by atoms with Crippen molar-refractivity contribution in [2.75, 3.05) is 26.4 Å². The molecular formula is C44H88NO9P. The van der Waals surface area contributed by atoms with Crippen molar-refractivity contribution >= 4 is 19.8 Å². The van der Waals surface area contributed by atoms with Crippen LogP contribution in [0.4, 0.5) is 0 Å². The molecule has 55 heavy (non-hydrogen) atoms. The summed E-state index contributed by atoms with van der Waals surface area (Å²) in [6.07, 6.45) is 41.5. The fourth-order valence-corrected chi connectivity index (χ4v) is 7.56. The number of carbonyl (C=O) groups is 2. The third-order valence-corrected chi connectivity index (χ3v) is 11.3. The third-order valence-electron chi connectivity index (χ3n) is 10.4. The maximum absolute atomic E-state index is 12.6. The van der Waals surface area contributed by atoms with Gasteiger partial charge in [0.1, 0.15) is 12.1 Å². The molecule has 3 atom stereocenters. The second-order valence-corrected chi connectivity index (χ2v) is 17.4. The SMILES string of the molecule is CCCCCCCCCCCCCCCCCCCCOC[C@H](COP(=O)(O)OC[C@H](N)C(=O)O)OC(=O)CCCCCCCCCCCCCCCCC. The Kier molecular flexibility index (Phi) is 40.4. The number of rotatable bonds is 45. The summed E-state index contributed by atoms with van der Waals surface area (Å²) >= 11 is 0. The number of esters is 1. The van der Waals surface area contributed by atoms with Crippen LogP contribution >= 0.6 is 7.82 Å². The Morgan fingerprint density at radius 3 is 1.20 bits per heavy atom. The van der Waals surface area contributed by atoms with Gasteiger partial charge in [-0.3, -0.25) is 18.6 Å². The average molecular weight is 806 g/mol. The van der Waals surface area contributed by atoms with Crippen LogP contribution in [0, 0.1) is 0 Å². The van der Waals surface area contributed by atoms with Crippen LogP contribution in [0.25, 0.3) is 0 Å². The predicted octanol–water partition coefficient (Wildman–Crippen LogP) is 12.8. The van der Waals surface area contributed by atoms with Gasteiger partial charge < -0.3 is 25.2 Å². The molecule has 0 aromatic carbocycles. The van der Waals surface area contributed by atoms with Gasteiger partial charge in [-0.15, -0.1) is 0 Å². The normalized spacial score (nSPS) is 13.8. The molecule has 0 aliphatic rings. The van der Waals surface area contributed by atoms with Gasteiger partial charge in [0.15, 0.2) is 0 Å². The molecule has 0 spiro atoms. The highest BCUT2D eigenvalue weighted by atomic mass is 31.2. The number of ether oxygens (including phenoxy) is 2. The molecule has 0 bridgehead atoms. The van der Waals surface area contributed by atoms with Crippen molar-refractivity contribution in [2.24, 2.45) is 5.73 Å². The number of aliphatic carboxylic acids is 1. The van der Waals surface area contributed by atoms with Gasteiger partial charge in [0, 0.05) is 13.0 Å². The summed E-state index contributed by atoms with van der Waals surface area (Å²) in [5, 5.41) is 8.90. The van der Waals surface area contributed by atoms with Gasteiger partial charge in [0.2, 0.25) is 0 Å². The van der Waals surface area contributed by atoms with Gasteiger partial charge in [0.05, 0.1) is 19.8 Å². The number of hydrogen-bond acceptors (Lipinski definition) is 8. The van der Waals surface area contributed by atoms with Crippen LogP contribution in [0.2, 0.25) is 0 Å². The topological polar surface area (TPSA) is 155 Å². The largest absolute Gasteiger partial charge is 0.480 e. The molecule has 10 nitrogen and oxygen atoms in total. The molecule has 0 rings (SSSR count). The van der Waals surface area contributed by atoms with Gasteiger partial charge in [-0.2, -0.15) is 0 Å². The molecule has 0 aliphatic heterocycles. The van der Waals surface area contributed by atoms with Crippen LogP contribution < -0.4 is 5.73 Å². The molecule has 0 saturated carbocycles. The Morgan fingerprint density at radius 2 is 0.836 bits per heavy atom. The summed E-state index contributed by atoms with van der Waals surface area (Å²) in [4.78, 5) is 33.6. The molecule has 0 aliphatic carbocycles. The number of hydrogen-bond donors (Lipinski definition) is 3. The molecule has 328 valence electrons. The average Bonchev–Trinajstić information content (AvgIpc) is 3.16. The molecule has 4 N–H and O–H groups in total. The Morgan fingerprint density at radius 1 is 0.509 bits per heavy atom. The Labute approximate surface area is 338 Å². The number of carboxylic acids is 1. The van der Waals surface area contributed by atoms with Crippen molar-refractivity contribution in [1.82, 2.24) is 0 Å². The number of phosphoric ester groups is 1. The number of carbonyl (C=O) groups excluding carboxylic acids is 1. The van der Waals surface area contributed by atoms with Crippen LogP contribution in [0.3, 0.4) is 0 Å². The zero-order valence-corrected chi connectivity index (χ0v) is 36.7. The van der Waals surface area contributed by atoms with Crippen molar-refractivity contribution in [2.45, 2.75) is 244 Å². The highest BCUT2D eigenvalue weighted by Crippen LogP contribution is 2.43. The van der Waals surface area contributed by atoms with Gasteiger partial charge in [-0.05, 0) is 12.8 Å². The Bertz CT molecular complexity index is 893. The number of nitrogens with two attached hydrogens (primary N) is 1. The lowest BCUT2D eigenvalue weighted by Gasteiger charge is -2.20. The first kappa shape index (κ1) is 54.0. The minimum atomic E-state index is -4.61. The first-order valence-corrected chi connectivity index (χ1v) is 24.6. The van der Waals surface area contributed by atoms with Gasteiger partial charge in [-0.1, -0.05) is 213 Å². The lowest BCUT2D eigenvalue weighted by Crippen LogP contribution is -2.34. The molecule has 0 heterocycles. The van der Waals surface area contributed by atoms with E-state index in [2.05, 4.69) is 13.8 Å². The van der Waals surface area contributed by atoms with Gasteiger partial charge in [-0.25, -0.2) is 4.57 Å². The first-order valence-electron chi connectivity index (χ1n) is 23.1. The van der Waals surface area contributed by atoms with Crippen molar-refractivity contribution in [3.05, 3.63) is 0 Å². The van der Waals surface area contributed by atoms with Crippen LogP contribution in [0.5, 0.6) is 0 Å². The van der Waals surface area contributed by atoms with Gasteiger partial charge >= 0.3 is 19.8 Å². The molecule has 0 radical (unpaired) electrons. The molecule has 1 unspecified atom stereocenters. The quantitative estimate of drug-likeness (QED) is 0.0308. The lowest BCUT2D eigenvalue weighted by molar-refractivity contribution is -0.154. The van der Waals surface area contributed by atoms with E-state index >= 15 is 0 Å². The number of phosphoric acid groups is 1. The Hall–Kier alpha value is -1.03. The standard InChI is InChI=1S/C44H88NO9P/c1-3-5-7-9-11-13-15-17-19-20-21-23-25-27-29-31-33-35-37-51-38-41(39-52-55(49,50)53-40-42(45)44(47)48)54-43(46)36-34-32-30-28-26-24-22-18-16-14-12-10-8-6-4-2/h41-42H,3-40,45H2,1-2H3,(H,47,48)(H,49,50)/t41-,42+/m1/s1. The predicted molar refractivity (Wildman–Crippen MR) is 226 cm³/mol. The zero-order valence-electron chi connectivity index (χ0n) is 35.8. The highest BCUT2D eigenvalue weighted by molar-refractivity contribution is 7.47. The summed E-state index contributed by atoms with van der Waals surface area (Å²) < 4.78 is 33.4. The van der Waals surface area contributed by atoms with Crippen molar-refractivity contribution < 1.29 is 42.7 Å². The monoisotopic (exact) mass is 806 g/mol. The van der Waals surface area contributed by atoms with Crippen LogP contribution in [-0.2, 0) is 32.7 Å². The van der Waals surface area contributed by atoms with E-state index in [-0.39, 0.29) is 13.0 Å².